The summed E-state index contributed by atoms with van der Waals surface area (Å²) in [5.74, 6) is 6.01. The summed E-state index contributed by atoms with van der Waals surface area (Å²) in [6, 6.07) is 2.00. The summed E-state index contributed by atoms with van der Waals surface area (Å²) >= 11 is 1.61. The number of amides is 1. The van der Waals surface area contributed by atoms with Gasteiger partial charge in [-0.15, -0.1) is 11.3 Å². The van der Waals surface area contributed by atoms with Crippen LogP contribution >= 0.6 is 11.3 Å². The van der Waals surface area contributed by atoms with Gasteiger partial charge in [-0.2, -0.15) is 0 Å². The lowest BCUT2D eigenvalue weighted by atomic mass is 10.1. The second-order valence-electron chi connectivity index (χ2n) is 4.22. The van der Waals surface area contributed by atoms with Crippen molar-refractivity contribution in [2.45, 2.75) is 33.2 Å². The molecule has 0 aromatic carbocycles. The molecule has 0 spiro atoms. The fourth-order valence-corrected chi connectivity index (χ4v) is 2.36. The molecule has 0 aliphatic rings. The highest BCUT2D eigenvalue weighted by Gasteiger charge is 2.11. The quantitative estimate of drug-likeness (QED) is 0.800. The third-order valence-corrected chi connectivity index (χ3v) is 3.53. The molecule has 1 unspecified atom stereocenters. The lowest BCUT2D eigenvalue weighted by Crippen LogP contribution is -2.28. The zero-order valence-electron chi connectivity index (χ0n) is 11.0. The van der Waals surface area contributed by atoms with Crippen LogP contribution in [0.15, 0.2) is 11.4 Å². The van der Waals surface area contributed by atoms with Gasteiger partial charge in [0.15, 0.2) is 0 Å². The molecule has 0 saturated heterocycles. The maximum Gasteiger partial charge on any atom is 0.223 e. The summed E-state index contributed by atoms with van der Waals surface area (Å²) in [5.41, 5.74) is 6.28. The Bertz CT molecular complexity index is 442. The number of nitrogens with two attached hydrogens (primary N) is 1. The first kappa shape index (κ1) is 14.7. The fraction of sp³-hybridized carbons (Fsp3) is 0.500. The average molecular weight is 264 g/mol. The summed E-state index contributed by atoms with van der Waals surface area (Å²) in [4.78, 5) is 12.9. The Kier molecular flexibility index (Phi) is 6.48. The van der Waals surface area contributed by atoms with Crippen LogP contribution in [0.25, 0.3) is 0 Å². The monoisotopic (exact) mass is 264 g/mol. The minimum absolute atomic E-state index is 0.0893. The van der Waals surface area contributed by atoms with Crippen LogP contribution in [0.5, 0.6) is 0 Å². The SMILES string of the molecule is CCCC(C)C(=O)NCc1cc(C#CCN)cs1. The van der Waals surface area contributed by atoms with E-state index in [2.05, 4.69) is 24.1 Å². The molecule has 4 heteroatoms. The Balaban J connectivity index is 2.44. The molecule has 0 radical (unpaired) electrons. The van der Waals surface area contributed by atoms with E-state index in [4.69, 9.17) is 5.73 Å². The first-order chi connectivity index (χ1) is 8.67. The van der Waals surface area contributed by atoms with Gasteiger partial charge in [0, 0.05) is 21.7 Å². The molecule has 0 aliphatic heterocycles. The smallest absolute Gasteiger partial charge is 0.223 e. The van der Waals surface area contributed by atoms with Gasteiger partial charge in [-0.3, -0.25) is 4.79 Å². The maximum atomic E-state index is 11.7. The topological polar surface area (TPSA) is 55.1 Å². The average Bonchev–Trinajstić information content (AvgIpc) is 2.81. The van der Waals surface area contributed by atoms with Crippen molar-refractivity contribution >= 4 is 17.2 Å². The maximum absolute atomic E-state index is 11.7. The molecule has 3 nitrogen and oxygen atoms in total. The lowest BCUT2D eigenvalue weighted by Gasteiger charge is -2.09. The van der Waals surface area contributed by atoms with E-state index < -0.39 is 0 Å². The van der Waals surface area contributed by atoms with Crippen LogP contribution in [0.2, 0.25) is 0 Å². The third-order valence-electron chi connectivity index (χ3n) is 2.59. The number of thiophene rings is 1. The van der Waals surface area contributed by atoms with Gasteiger partial charge in [-0.05, 0) is 12.5 Å². The van der Waals surface area contributed by atoms with E-state index in [1.165, 1.54) is 0 Å². The van der Waals surface area contributed by atoms with Crippen molar-refractivity contribution in [3.63, 3.8) is 0 Å². The van der Waals surface area contributed by atoms with E-state index in [9.17, 15) is 4.79 Å². The Morgan fingerprint density at radius 2 is 2.39 bits per heavy atom. The molecule has 1 atom stereocenters. The van der Waals surface area contributed by atoms with Crippen LogP contribution in [0.3, 0.4) is 0 Å². The minimum atomic E-state index is 0.0893. The third kappa shape index (κ3) is 4.91. The summed E-state index contributed by atoms with van der Waals surface area (Å²) in [5, 5.41) is 4.94. The summed E-state index contributed by atoms with van der Waals surface area (Å²) in [7, 11) is 0. The number of hydrogen-bond donors (Lipinski definition) is 2. The Morgan fingerprint density at radius 1 is 1.61 bits per heavy atom. The van der Waals surface area contributed by atoms with Gasteiger partial charge >= 0.3 is 0 Å². The molecule has 0 aliphatic carbocycles. The molecule has 0 fully saturated rings. The standard InChI is InChI=1S/C14H20N2OS/c1-3-5-11(2)14(17)16-9-13-8-12(10-18-13)6-4-7-15/h8,10-11H,3,5,7,9,15H2,1-2H3,(H,16,17). The molecule has 98 valence electrons. The fourth-order valence-electron chi connectivity index (χ4n) is 1.60. The van der Waals surface area contributed by atoms with Gasteiger partial charge in [0.2, 0.25) is 5.91 Å². The van der Waals surface area contributed by atoms with E-state index >= 15 is 0 Å². The molecule has 3 N–H and O–H groups in total. The minimum Gasteiger partial charge on any atom is -0.351 e. The normalized spacial score (nSPS) is 11.5. The Morgan fingerprint density at radius 3 is 3.06 bits per heavy atom. The van der Waals surface area contributed by atoms with Crippen LogP contribution in [0.1, 0.15) is 37.1 Å². The van der Waals surface area contributed by atoms with Crippen LogP contribution < -0.4 is 11.1 Å². The zero-order chi connectivity index (χ0) is 13.4. The van der Waals surface area contributed by atoms with E-state index in [0.29, 0.717) is 13.1 Å². The largest absolute Gasteiger partial charge is 0.351 e. The first-order valence-electron chi connectivity index (χ1n) is 6.21. The summed E-state index contributed by atoms with van der Waals surface area (Å²) in [6.07, 6.45) is 1.97. The van der Waals surface area contributed by atoms with Gasteiger partial charge in [-0.25, -0.2) is 0 Å². The number of rotatable bonds is 5. The van der Waals surface area contributed by atoms with E-state index in [0.717, 1.165) is 23.3 Å². The lowest BCUT2D eigenvalue weighted by molar-refractivity contribution is -0.124. The second kappa shape index (κ2) is 7.91. The molecule has 0 saturated carbocycles. The van der Waals surface area contributed by atoms with Crippen molar-refractivity contribution in [2.24, 2.45) is 11.7 Å². The molecule has 18 heavy (non-hydrogen) atoms. The van der Waals surface area contributed by atoms with E-state index in [-0.39, 0.29) is 11.8 Å². The number of hydrogen-bond acceptors (Lipinski definition) is 3. The summed E-state index contributed by atoms with van der Waals surface area (Å²) in [6.45, 7) is 5.01. The predicted molar refractivity (Wildman–Crippen MR) is 76.2 cm³/mol. The molecule has 1 heterocycles. The van der Waals surface area contributed by atoms with Crippen LogP contribution in [-0.2, 0) is 11.3 Å². The molecule has 0 bridgehead atoms. The van der Waals surface area contributed by atoms with Crippen molar-refractivity contribution < 1.29 is 4.79 Å². The van der Waals surface area contributed by atoms with Crippen molar-refractivity contribution in [1.29, 1.82) is 0 Å². The highest BCUT2D eigenvalue weighted by Crippen LogP contribution is 2.14. The molecular formula is C14H20N2OS. The molecule has 1 aromatic heterocycles. The van der Waals surface area contributed by atoms with Gasteiger partial charge in [0.1, 0.15) is 0 Å². The van der Waals surface area contributed by atoms with Gasteiger partial charge in [-0.1, -0.05) is 32.1 Å². The van der Waals surface area contributed by atoms with E-state index in [1.807, 2.05) is 18.4 Å². The number of carbonyl (C=O) groups excluding carboxylic acids is 1. The molecule has 1 rings (SSSR count). The van der Waals surface area contributed by atoms with Gasteiger partial charge in [0.25, 0.3) is 0 Å². The Hall–Kier alpha value is -1.31. The number of carbonyl (C=O) groups is 1. The van der Waals surface area contributed by atoms with Crippen molar-refractivity contribution in [2.75, 3.05) is 6.54 Å². The highest BCUT2D eigenvalue weighted by atomic mass is 32.1. The molecular weight excluding hydrogens is 244 g/mol. The van der Waals surface area contributed by atoms with Crippen LogP contribution in [0.4, 0.5) is 0 Å². The van der Waals surface area contributed by atoms with Crippen LogP contribution in [-0.4, -0.2) is 12.5 Å². The van der Waals surface area contributed by atoms with Gasteiger partial charge < -0.3 is 11.1 Å². The van der Waals surface area contributed by atoms with Gasteiger partial charge in [0.05, 0.1) is 13.1 Å². The van der Waals surface area contributed by atoms with Crippen molar-refractivity contribution in [1.82, 2.24) is 5.32 Å². The molecule has 1 aromatic rings. The molecule has 1 amide bonds. The second-order valence-corrected chi connectivity index (χ2v) is 5.21. The predicted octanol–water partition coefficient (Wildman–Crippen LogP) is 2.11. The van der Waals surface area contributed by atoms with E-state index in [1.54, 1.807) is 11.3 Å². The Labute approximate surface area is 113 Å². The first-order valence-corrected chi connectivity index (χ1v) is 7.09. The highest BCUT2D eigenvalue weighted by molar-refractivity contribution is 7.10. The zero-order valence-corrected chi connectivity index (χ0v) is 11.8. The van der Waals surface area contributed by atoms with Crippen molar-refractivity contribution in [3.8, 4) is 11.8 Å². The summed E-state index contributed by atoms with van der Waals surface area (Å²) < 4.78 is 0. The van der Waals surface area contributed by atoms with Crippen molar-refractivity contribution in [3.05, 3.63) is 21.9 Å². The van der Waals surface area contributed by atoms with Crippen LogP contribution in [0, 0.1) is 17.8 Å². The number of nitrogens with one attached hydrogen (secondary N) is 1.